The Labute approximate surface area is 114 Å². The summed E-state index contributed by atoms with van der Waals surface area (Å²) in [6.07, 6.45) is 2.74. The van der Waals surface area contributed by atoms with Crippen molar-refractivity contribution in [3.63, 3.8) is 0 Å². The van der Waals surface area contributed by atoms with Crippen LogP contribution in [-0.4, -0.2) is 17.8 Å². The normalized spacial score (nSPS) is 14.9. The van der Waals surface area contributed by atoms with Crippen LogP contribution in [0.2, 0.25) is 0 Å². The van der Waals surface area contributed by atoms with Crippen molar-refractivity contribution >= 4 is 22.0 Å². The molecule has 1 saturated carbocycles. The molecule has 1 fully saturated rings. The van der Waals surface area contributed by atoms with Crippen LogP contribution in [0.5, 0.6) is 5.75 Å². The maximum Gasteiger partial charge on any atom is 0.404 e. The molecule has 0 heterocycles. The molecule has 18 heavy (non-hydrogen) atoms. The van der Waals surface area contributed by atoms with E-state index in [1.807, 2.05) is 18.2 Å². The lowest BCUT2D eigenvalue weighted by molar-refractivity contribution is 0.178. The van der Waals surface area contributed by atoms with Gasteiger partial charge in [-0.1, -0.05) is 22.4 Å². The molecule has 0 unspecified atom stereocenters. The first-order chi connectivity index (χ1) is 8.65. The fraction of sp³-hybridized carbons (Fsp3) is 0.462. The van der Waals surface area contributed by atoms with Crippen LogP contribution in [0.4, 0.5) is 4.79 Å². The number of ether oxygens (including phenoxy) is 1. The third-order valence-corrected chi connectivity index (χ3v) is 3.65. The van der Waals surface area contributed by atoms with Gasteiger partial charge in [0.2, 0.25) is 0 Å². The van der Waals surface area contributed by atoms with Crippen LogP contribution in [0, 0.1) is 5.92 Å². The highest BCUT2D eigenvalue weighted by molar-refractivity contribution is 9.10. The zero-order chi connectivity index (χ0) is 13.0. The molecule has 1 aromatic carbocycles. The Morgan fingerprint density at radius 3 is 2.89 bits per heavy atom. The van der Waals surface area contributed by atoms with E-state index in [4.69, 9.17) is 9.84 Å². The second-order valence-corrected chi connectivity index (χ2v) is 5.43. The number of hydrogen-bond donors (Lipinski definition) is 2. The zero-order valence-corrected chi connectivity index (χ0v) is 11.6. The fourth-order valence-electron chi connectivity index (χ4n) is 1.86. The van der Waals surface area contributed by atoms with E-state index in [0.29, 0.717) is 5.92 Å². The second-order valence-electron chi connectivity index (χ2n) is 4.52. The minimum Gasteiger partial charge on any atom is -0.493 e. The summed E-state index contributed by atoms with van der Waals surface area (Å²) in [5.74, 6) is 1.42. The summed E-state index contributed by atoms with van der Waals surface area (Å²) in [6, 6.07) is 5.66. The van der Waals surface area contributed by atoms with Crippen LogP contribution in [0.1, 0.15) is 24.8 Å². The van der Waals surface area contributed by atoms with Gasteiger partial charge in [-0.05, 0) is 37.0 Å². The van der Waals surface area contributed by atoms with Gasteiger partial charge in [0.25, 0.3) is 0 Å². The predicted molar refractivity (Wildman–Crippen MR) is 71.8 cm³/mol. The SMILES string of the molecule is O=C(O)NCc1cc(Br)ccc1OCC1CCC1. The van der Waals surface area contributed by atoms with E-state index in [9.17, 15) is 4.79 Å². The molecule has 0 aromatic heterocycles. The summed E-state index contributed by atoms with van der Waals surface area (Å²) in [6.45, 7) is 0.983. The van der Waals surface area contributed by atoms with Crippen molar-refractivity contribution in [3.8, 4) is 5.75 Å². The summed E-state index contributed by atoms with van der Waals surface area (Å²) >= 11 is 3.38. The third-order valence-electron chi connectivity index (χ3n) is 3.15. The molecule has 1 amide bonds. The van der Waals surface area contributed by atoms with Crippen molar-refractivity contribution in [1.82, 2.24) is 5.32 Å². The first kappa shape index (κ1) is 13.2. The number of nitrogens with one attached hydrogen (secondary N) is 1. The Bertz CT molecular complexity index is 432. The topological polar surface area (TPSA) is 58.6 Å². The number of benzene rings is 1. The Morgan fingerprint density at radius 1 is 1.50 bits per heavy atom. The van der Waals surface area contributed by atoms with Gasteiger partial charge >= 0.3 is 6.09 Å². The van der Waals surface area contributed by atoms with Gasteiger partial charge in [0.1, 0.15) is 5.75 Å². The Kier molecular flexibility index (Phi) is 4.47. The smallest absolute Gasteiger partial charge is 0.404 e. The maximum absolute atomic E-state index is 10.5. The molecular formula is C13H16BrNO3. The van der Waals surface area contributed by atoms with E-state index in [0.717, 1.165) is 22.4 Å². The van der Waals surface area contributed by atoms with Crippen LogP contribution in [0.25, 0.3) is 0 Å². The van der Waals surface area contributed by atoms with Crippen molar-refractivity contribution in [1.29, 1.82) is 0 Å². The molecule has 2 rings (SSSR count). The Hall–Kier alpha value is -1.23. The van der Waals surface area contributed by atoms with E-state index in [1.54, 1.807) is 0 Å². The molecule has 0 atom stereocenters. The molecule has 0 bridgehead atoms. The highest BCUT2D eigenvalue weighted by atomic mass is 79.9. The molecule has 0 spiro atoms. The van der Waals surface area contributed by atoms with Gasteiger partial charge in [-0.3, -0.25) is 0 Å². The molecular weight excluding hydrogens is 298 g/mol. The van der Waals surface area contributed by atoms with Crippen molar-refractivity contribution in [3.05, 3.63) is 28.2 Å². The predicted octanol–water partition coefficient (Wildman–Crippen LogP) is 3.40. The van der Waals surface area contributed by atoms with Crippen LogP contribution < -0.4 is 10.1 Å². The van der Waals surface area contributed by atoms with Crippen molar-refractivity contribution < 1.29 is 14.6 Å². The van der Waals surface area contributed by atoms with Gasteiger partial charge in [-0.2, -0.15) is 0 Å². The molecule has 2 N–H and O–H groups in total. The second kappa shape index (κ2) is 6.09. The summed E-state index contributed by atoms with van der Waals surface area (Å²) in [5.41, 5.74) is 0.853. The molecule has 0 aliphatic heterocycles. The van der Waals surface area contributed by atoms with Gasteiger partial charge in [0.15, 0.2) is 0 Å². The summed E-state index contributed by atoms with van der Waals surface area (Å²) in [4.78, 5) is 10.5. The first-order valence-corrected chi connectivity index (χ1v) is 6.82. The van der Waals surface area contributed by atoms with Crippen LogP contribution in [0.15, 0.2) is 22.7 Å². The first-order valence-electron chi connectivity index (χ1n) is 6.03. The van der Waals surface area contributed by atoms with E-state index >= 15 is 0 Å². The summed E-state index contributed by atoms with van der Waals surface area (Å²) < 4.78 is 6.69. The van der Waals surface area contributed by atoms with Crippen molar-refractivity contribution in [2.45, 2.75) is 25.8 Å². The van der Waals surface area contributed by atoms with Gasteiger partial charge in [0.05, 0.1) is 6.61 Å². The van der Waals surface area contributed by atoms with Gasteiger partial charge in [0, 0.05) is 16.6 Å². The molecule has 1 aliphatic carbocycles. The minimum absolute atomic E-state index is 0.259. The minimum atomic E-state index is -1.03. The fourth-order valence-corrected chi connectivity index (χ4v) is 2.27. The lowest BCUT2D eigenvalue weighted by Gasteiger charge is -2.25. The number of carbonyl (C=O) groups is 1. The highest BCUT2D eigenvalue weighted by Gasteiger charge is 2.18. The number of rotatable bonds is 5. The molecule has 4 nitrogen and oxygen atoms in total. The lowest BCUT2D eigenvalue weighted by atomic mass is 9.86. The molecule has 5 heteroatoms. The average Bonchev–Trinajstić information content (AvgIpc) is 2.26. The highest BCUT2D eigenvalue weighted by Crippen LogP contribution is 2.29. The van der Waals surface area contributed by atoms with Crippen LogP contribution in [0.3, 0.4) is 0 Å². The number of hydrogen-bond acceptors (Lipinski definition) is 2. The quantitative estimate of drug-likeness (QED) is 0.876. The largest absolute Gasteiger partial charge is 0.493 e. The molecule has 98 valence electrons. The summed E-state index contributed by atoms with van der Waals surface area (Å²) in [7, 11) is 0. The Morgan fingerprint density at radius 2 is 2.28 bits per heavy atom. The monoisotopic (exact) mass is 313 g/mol. The number of halogens is 1. The summed E-state index contributed by atoms with van der Waals surface area (Å²) in [5, 5.41) is 11.0. The molecule has 0 saturated heterocycles. The van der Waals surface area contributed by atoms with Crippen molar-refractivity contribution in [2.24, 2.45) is 5.92 Å². The standard InChI is InChI=1S/C13H16BrNO3/c14-11-4-5-12(18-8-9-2-1-3-9)10(6-11)7-15-13(16)17/h4-6,9,15H,1-3,7-8H2,(H,16,17). The van der Waals surface area contributed by atoms with E-state index < -0.39 is 6.09 Å². The molecule has 1 aliphatic rings. The number of carboxylic acid groups (broad SMARTS) is 1. The molecule has 0 radical (unpaired) electrons. The third kappa shape index (κ3) is 3.63. The maximum atomic E-state index is 10.5. The van der Waals surface area contributed by atoms with E-state index in [-0.39, 0.29) is 6.54 Å². The Balaban J connectivity index is 1.99. The zero-order valence-electron chi connectivity index (χ0n) is 9.99. The van der Waals surface area contributed by atoms with Crippen molar-refractivity contribution in [2.75, 3.05) is 6.61 Å². The van der Waals surface area contributed by atoms with E-state index in [2.05, 4.69) is 21.2 Å². The van der Waals surface area contributed by atoms with Gasteiger partial charge in [-0.15, -0.1) is 0 Å². The van der Waals surface area contributed by atoms with Gasteiger partial charge in [-0.25, -0.2) is 4.79 Å². The van der Waals surface area contributed by atoms with E-state index in [1.165, 1.54) is 19.3 Å². The van der Waals surface area contributed by atoms with Gasteiger partial charge < -0.3 is 15.2 Å². The van der Waals surface area contributed by atoms with Crippen LogP contribution in [-0.2, 0) is 6.54 Å². The number of amides is 1. The average molecular weight is 314 g/mol. The van der Waals surface area contributed by atoms with Crippen LogP contribution >= 0.6 is 15.9 Å². The molecule has 1 aromatic rings. The lowest BCUT2D eigenvalue weighted by Crippen LogP contribution is -2.22.